The summed E-state index contributed by atoms with van der Waals surface area (Å²) < 4.78 is 5.11. The average molecular weight is 387 g/mol. The molecule has 1 N–H and O–H groups in total. The van der Waals surface area contributed by atoms with Gasteiger partial charge >= 0.3 is 5.97 Å². The fourth-order valence-electron chi connectivity index (χ4n) is 3.06. The molecule has 0 bridgehead atoms. The summed E-state index contributed by atoms with van der Waals surface area (Å²) in [5.41, 5.74) is 0.472. The summed E-state index contributed by atoms with van der Waals surface area (Å²) >= 11 is 12.1. The molecule has 2 fully saturated rings. The van der Waals surface area contributed by atoms with E-state index in [0.717, 1.165) is 0 Å². The lowest BCUT2D eigenvalue weighted by Crippen LogP contribution is -2.51. The Hall–Kier alpha value is -1.83. The molecular weight excluding hydrogens is 371 g/mol. The number of anilines is 1. The summed E-state index contributed by atoms with van der Waals surface area (Å²) in [5, 5.41) is 9.86. The zero-order valence-corrected chi connectivity index (χ0v) is 14.7. The predicted octanol–water partition coefficient (Wildman–Crippen LogP) is 1.66. The summed E-state index contributed by atoms with van der Waals surface area (Å²) in [6.45, 7) is 0.690. The first-order chi connectivity index (χ1) is 11.9. The standard InChI is InChI=1S/C16H16Cl2N2O5/c17-9-1-2-11(18)12(7-9)20-4-3-10(15(20)22)14(21)19-5-6-25-13(8-19)16(23)24/h1-2,7,10,13H,3-6,8H2,(H,23,24)/t10-,13-/m0/s1. The molecule has 2 saturated heterocycles. The van der Waals surface area contributed by atoms with Crippen LogP contribution in [-0.4, -0.2) is 60.1 Å². The van der Waals surface area contributed by atoms with E-state index in [4.69, 9.17) is 33.0 Å². The highest BCUT2D eigenvalue weighted by molar-refractivity contribution is 6.36. The highest BCUT2D eigenvalue weighted by atomic mass is 35.5. The number of carboxylic acid groups (broad SMARTS) is 1. The van der Waals surface area contributed by atoms with E-state index in [1.54, 1.807) is 18.2 Å². The van der Waals surface area contributed by atoms with Crippen LogP contribution < -0.4 is 4.90 Å². The van der Waals surface area contributed by atoms with Crippen molar-refractivity contribution >= 4 is 46.7 Å². The summed E-state index contributed by atoms with van der Waals surface area (Å²) in [6, 6.07) is 4.81. The molecule has 0 spiro atoms. The van der Waals surface area contributed by atoms with Crippen molar-refractivity contribution in [3.63, 3.8) is 0 Å². The zero-order chi connectivity index (χ0) is 18.1. The molecule has 2 heterocycles. The van der Waals surface area contributed by atoms with E-state index < -0.39 is 18.0 Å². The van der Waals surface area contributed by atoms with Crippen LogP contribution in [0.1, 0.15) is 6.42 Å². The second-order valence-electron chi connectivity index (χ2n) is 5.91. The molecule has 2 aliphatic heterocycles. The number of carbonyl (C=O) groups excluding carboxylic acids is 2. The van der Waals surface area contributed by atoms with Crippen LogP contribution >= 0.6 is 23.2 Å². The normalized spacial score (nSPS) is 23.8. The van der Waals surface area contributed by atoms with Crippen LogP contribution in [0.25, 0.3) is 0 Å². The van der Waals surface area contributed by atoms with Crippen molar-refractivity contribution in [2.24, 2.45) is 5.92 Å². The third-order valence-electron chi connectivity index (χ3n) is 4.36. The first-order valence-electron chi connectivity index (χ1n) is 7.78. The van der Waals surface area contributed by atoms with Crippen LogP contribution in [0.15, 0.2) is 18.2 Å². The Morgan fingerprint density at radius 1 is 1.24 bits per heavy atom. The number of morpholine rings is 1. The number of benzene rings is 1. The van der Waals surface area contributed by atoms with Crippen molar-refractivity contribution in [2.75, 3.05) is 31.1 Å². The number of amides is 2. The molecule has 134 valence electrons. The van der Waals surface area contributed by atoms with Crippen LogP contribution in [0.2, 0.25) is 10.0 Å². The Balaban J connectivity index is 1.74. The maximum absolute atomic E-state index is 12.7. The second-order valence-corrected chi connectivity index (χ2v) is 6.75. The molecule has 1 aromatic carbocycles. The maximum atomic E-state index is 12.7. The highest BCUT2D eigenvalue weighted by Gasteiger charge is 2.42. The van der Waals surface area contributed by atoms with Crippen LogP contribution in [0.5, 0.6) is 0 Å². The molecule has 2 aliphatic rings. The van der Waals surface area contributed by atoms with Crippen molar-refractivity contribution in [1.29, 1.82) is 0 Å². The van der Waals surface area contributed by atoms with E-state index in [9.17, 15) is 14.4 Å². The number of aliphatic carboxylic acids is 1. The molecule has 0 saturated carbocycles. The Bertz CT molecular complexity index is 726. The van der Waals surface area contributed by atoms with Crippen molar-refractivity contribution < 1.29 is 24.2 Å². The largest absolute Gasteiger partial charge is 0.479 e. The van der Waals surface area contributed by atoms with Gasteiger partial charge in [-0.05, 0) is 24.6 Å². The topological polar surface area (TPSA) is 87.2 Å². The summed E-state index contributed by atoms with van der Waals surface area (Å²) in [4.78, 5) is 39.3. The molecular formula is C16H16Cl2N2O5. The van der Waals surface area contributed by atoms with E-state index in [0.29, 0.717) is 28.7 Å². The average Bonchev–Trinajstić information content (AvgIpc) is 2.98. The number of nitrogens with zero attached hydrogens (tertiary/aromatic N) is 2. The number of rotatable bonds is 3. The van der Waals surface area contributed by atoms with Crippen LogP contribution in [-0.2, 0) is 19.1 Å². The summed E-state index contributed by atoms with van der Waals surface area (Å²) in [7, 11) is 0. The Kier molecular flexibility index (Phi) is 5.17. The molecule has 3 rings (SSSR count). The van der Waals surface area contributed by atoms with E-state index in [-0.39, 0.29) is 31.5 Å². The minimum Gasteiger partial charge on any atom is -0.479 e. The fourth-order valence-corrected chi connectivity index (χ4v) is 3.45. The number of hydrogen-bond donors (Lipinski definition) is 1. The van der Waals surface area contributed by atoms with Gasteiger partial charge in [-0.3, -0.25) is 9.59 Å². The number of carboxylic acids is 1. The molecule has 2 atom stereocenters. The lowest BCUT2D eigenvalue weighted by molar-refractivity contribution is -0.160. The van der Waals surface area contributed by atoms with Gasteiger partial charge in [0.2, 0.25) is 11.8 Å². The first-order valence-corrected chi connectivity index (χ1v) is 8.53. The van der Waals surface area contributed by atoms with E-state index in [2.05, 4.69) is 0 Å². The maximum Gasteiger partial charge on any atom is 0.334 e. The van der Waals surface area contributed by atoms with Crippen LogP contribution in [0.4, 0.5) is 5.69 Å². The third kappa shape index (κ3) is 3.58. The van der Waals surface area contributed by atoms with E-state index in [1.165, 1.54) is 9.80 Å². The van der Waals surface area contributed by atoms with Gasteiger partial charge in [0.15, 0.2) is 6.10 Å². The van der Waals surface area contributed by atoms with Crippen LogP contribution in [0.3, 0.4) is 0 Å². The van der Waals surface area contributed by atoms with Gasteiger partial charge in [-0.25, -0.2) is 4.79 Å². The molecule has 0 aliphatic carbocycles. The minimum absolute atomic E-state index is 0.0597. The summed E-state index contributed by atoms with van der Waals surface area (Å²) in [6.07, 6.45) is -0.719. The monoisotopic (exact) mass is 386 g/mol. The molecule has 0 aromatic heterocycles. The third-order valence-corrected chi connectivity index (χ3v) is 4.91. The van der Waals surface area contributed by atoms with Gasteiger partial charge in [0, 0.05) is 18.1 Å². The molecule has 1 aromatic rings. The Morgan fingerprint density at radius 2 is 2.00 bits per heavy atom. The fraction of sp³-hybridized carbons (Fsp3) is 0.438. The van der Waals surface area contributed by atoms with Gasteiger partial charge in [0.1, 0.15) is 5.92 Å². The highest BCUT2D eigenvalue weighted by Crippen LogP contribution is 2.34. The Morgan fingerprint density at radius 3 is 2.72 bits per heavy atom. The predicted molar refractivity (Wildman–Crippen MR) is 90.9 cm³/mol. The molecule has 0 unspecified atom stereocenters. The second kappa shape index (κ2) is 7.19. The number of hydrogen-bond acceptors (Lipinski definition) is 4. The molecule has 7 nitrogen and oxygen atoms in total. The zero-order valence-electron chi connectivity index (χ0n) is 13.2. The first kappa shape index (κ1) is 18.0. The lowest BCUT2D eigenvalue weighted by Gasteiger charge is -2.32. The van der Waals surface area contributed by atoms with E-state index in [1.807, 2.05) is 0 Å². The molecule has 25 heavy (non-hydrogen) atoms. The van der Waals surface area contributed by atoms with Crippen molar-refractivity contribution in [3.8, 4) is 0 Å². The van der Waals surface area contributed by atoms with E-state index >= 15 is 0 Å². The van der Waals surface area contributed by atoms with Gasteiger partial charge in [0.05, 0.1) is 23.9 Å². The smallest absolute Gasteiger partial charge is 0.334 e. The van der Waals surface area contributed by atoms with Gasteiger partial charge < -0.3 is 19.6 Å². The van der Waals surface area contributed by atoms with Gasteiger partial charge in [0.25, 0.3) is 0 Å². The molecule has 9 heteroatoms. The number of halogens is 2. The van der Waals surface area contributed by atoms with Gasteiger partial charge in [-0.15, -0.1) is 0 Å². The number of carbonyl (C=O) groups is 3. The van der Waals surface area contributed by atoms with Gasteiger partial charge in [-0.2, -0.15) is 0 Å². The van der Waals surface area contributed by atoms with Crippen molar-refractivity contribution in [1.82, 2.24) is 4.90 Å². The quantitative estimate of drug-likeness (QED) is 0.798. The lowest BCUT2D eigenvalue weighted by atomic mass is 10.1. The SMILES string of the molecule is O=C(O)[C@@H]1CN(C(=O)[C@@H]2CCN(c3cc(Cl)ccc3Cl)C2=O)CCO1. The number of ether oxygens (including phenoxy) is 1. The van der Waals surface area contributed by atoms with Crippen molar-refractivity contribution in [3.05, 3.63) is 28.2 Å². The van der Waals surface area contributed by atoms with Crippen LogP contribution in [0, 0.1) is 5.92 Å². The van der Waals surface area contributed by atoms with Gasteiger partial charge in [-0.1, -0.05) is 23.2 Å². The summed E-state index contributed by atoms with van der Waals surface area (Å²) in [5.74, 6) is -2.70. The van der Waals surface area contributed by atoms with Crippen molar-refractivity contribution in [2.45, 2.75) is 12.5 Å². The molecule has 0 radical (unpaired) electrons. The minimum atomic E-state index is -1.12. The Labute approximate surface area is 154 Å². The molecule has 2 amide bonds.